The maximum Gasteiger partial charge on any atom is 0.338 e. The van der Waals surface area contributed by atoms with E-state index in [0.29, 0.717) is 0 Å². The van der Waals surface area contributed by atoms with Crippen LogP contribution in [0, 0.1) is 11.6 Å². The second-order valence-electron chi connectivity index (χ2n) is 3.69. The molecule has 9 heteroatoms. The molecule has 1 aromatic rings. The quantitative estimate of drug-likeness (QED) is 0.669. The molecule has 0 aliphatic rings. The highest BCUT2D eigenvalue weighted by atomic mass is 32.2. The number of halogens is 2. The zero-order valence-electron chi connectivity index (χ0n) is 9.91. The first-order valence-electron chi connectivity index (χ1n) is 5.12. The highest BCUT2D eigenvalue weighted by Gasteiger charge is 2.17. The standard InChI is InChI=1S/C10H12F2N2O4S/c1-19(17,18)14-5-4-13-7-3-2-6(10(15)16)8(11)9(7)12/h2-3,13-14H,4-5H2,1H3,(H,15,16). The van der Waals surface area contributed by atoms with E-state index in [2.05, 4.69) is 10.0 Å². The Kier molecular flexibility index (Phi) is 4.78. The molecule has 0 fully saturated rings. The van der Waals surface area contributed by atoms with Crippen molar-refractivity contribution in [3.63, 3.8) is 0 Å². The molecule has 0 amide bonds. The van der Waals surface area contributed by atoms with Crippen LogP contribution in [-0.2, 0) is 10.0 Å². The molecule has 0 aliphatic carbocycles. The largest absolute Gasteiger partial charge is 0.478 e. The lowest BCUT2D eigenvalue weighted by Gasteiger charge is -2.09. The van der Waals surface area contributed by atoms with E-state index in [9.17, 15) is 22.0 Å². The number of hydrogen-bond donors (Lipinski definition) is 3. The first-order valence-corrected chi connectivity index (χ1v) is 7.01. The number of rotatable bonds is 6. The summed E-state index contributed by atoms with van der Waals surface area (Å²) in [5.74, 6) is -4.35. The van der Waals surface area contributed by atoms with Gasteiger partial charge in [-0.2, -0.15) is 0 Å². The van der Waals surface area contributed by atoms with Gasteiger partial charge in [0.1, 0.15) is 0 Å². The second kappa shape index (κ2) is 5.93. The van der Waals surface area contributed by atoms with Crippen molar-refractivity contribution in [3.05, 3.63) is 29.3 Å². The first-order chi connectivity index (χ1) is 8.72. The zero-order valence-corrected chi connectivity index (χ0v) is 10.7. The van der Waals surface area contributed by atoms with Gasteiger partial charge in [-0.05, 0) is 12.1 Å². The number of aromatic carboxylic acids is 1. The molecule has 0 aliphatic heterocycles. The summed E-state index contributed by atoms with van der Waals surface area (Å²) in [4.78, 5) is 10.6. The van der Waals surface area contributed by atoms with E-state index in [4.69, 9.17) is 5.11 Å². The fourth-order valence-electron chi connectivity index (χ4n) is 1.28. The Bertz CT molecular complexity index is 589. The van der Waals surface area contributed by atoms with Crippen LogP contribution in [0.1, 0.15) is 10.4 Å². The van der Waals surface area contributed by atoms with Crippen LogP contribution < -0.4 is 10.0 Å². The minimum atomic E-state index is -3.35. The summed E-state index contributed by atoms with van der Waals surface area (Å²) in [5.41, 5.74) is -1.00. The van der Waals surface area contributed by atoms with E-state index in [1.54, 1.807) is 0 Å². The fraction of sp³-hybridized carbons (Fsp3) is 0.300. The summed E-state index contributed by atoms with van der Waals surface area (Å²) < 4.78 is 50.4. The lowest BCUT2D eigenvalue weighted by atomic mass is 10.2. The lowest BCUT2D eigenvalue weighted by molar-refractivity contribution is 0.0690. The Labute approximate surface area is 108 Å². The Balaban J connectivity index is 2.71. The van der Waals surface area contributed by atoms with Crippen molar-refractivity contribution in [2.45, 2.75) is 0 Å². The molecular weight excluding hydrogens is 282 g/mol. The monoisotopic (exact) mass is 294 g/mol. The highest BCUT2D eigenvalue weighted by Crippen LogP contribution is 2.20. The van der Waals surface area contributed by atoms with Gasteiger partial charge in [-0.1, -0.05) is 0 Å². The summed E-state index contributed by atoms with van der Waals surface area (Å²) in [6, 6.07) is 2.00. The third kappa shape index (κ3) is 4.45. The van der Waals surface area contributed by atoms with E-state index < -0.39 is 33.2 Å². The van der Waals surface area contributed by atoms with Crippen LogP contribution in [0.5, 0.6) is 0 Å². The summed E-state index contributed by atoms with van der Waals surface area (Å²) in [7, 11) is -3.35. The van der Waals surface area contributed by atoms with Gasteiger partial charge < -0.3 is 10.4 Å². The smallest absolute Gasteiger partial charge is 0.338 e. The molecule has 0 saturated heterocycles. The SMILES string of the molecule is CS(=O)(=O)NCCNc1ccc(C(=O)O)c(F)c1F. The van der Waals surface area contributed by atoms with Crippen LogP contribution in [0.15, 0.2) is 12.1 Å². The average molecular weight is 294 g/mol. The summed E-state index contributed by atoms with van der Waals surface area (Å²) in [5, 5.41) is 11.0. The molecule has 106 valence electrons. The van der Waals surface area contributed by atoms with Gasteiger partial charge in [0.05, 0.1) is 17.5 Å². The van der Waals surface area contributed by atoms with E-state index >= 15 is 0 Å². The highest BCUT2D eigenvalue weighted by molar-refractivity contribution is 7.88. The number of hydrogen-bond acceptors (Lipinski definition) is 4. The molecule has 0 atom stereocenters. The molecule has 3 N–H and O–H groups in total. The van der Waals surface area contributed by atoms with Crippen LogP contribution >= 0.6 is 0 Å². The summed E-state index contributed by atoms with van der Waals surface area (Å²) in [6.45, 7) is 0.0103. The number of carboxylic acid groups (broad SMARTS) is 1. The van der Waals surface area contributed by atoms with E-state index in [1.807, 2.05) is 0 Å². The molecule has 0 aromatic heterocycles. The zero-order chi connectivity index (χ0) is 14.6. The minimum absolute atomic E-state index is 0.0133. The maximum absolute atomic E-state index is 13.4. The Hall–Kier alpha value is -1.74. The van der Waals surface area contributed by atoms with Crippen molar-refractivity contribution in [2.24, 2.45) is 0 Å². The van der Waals surface area contributed by atoms with Crippen LogP contribution in [0.4, 0.5) is 14.5 Å². The van der Waals surface area contributed by atoms with Gasteiger partial charge in [0.2, 0.25) is 10.0 Å². The van der Waals surface area contributed by atoms with Gasteiger partial charge in [-0.3, -0.25) is 0 Å². The molecule has 19 heavy (non-hydrogen) atoms. The van der Waals surface area contributed by atoms with E-state index in [0.717, 1.165) is 18.4 Å². The normalized spacial score (nSPS) is 11.3. The topological polar surface area (TPSA) is 95.5 Å². The molecule has 6 nitrogen and oxygen atoms in total. The van der Waals surface area contributed by atoms with Crippen LogP contribution in [-0.4, -0.2) is 38.8 Å². The first kappa shape index (κ1) is 15.3. The predicted molar refractivity (Wildman–Crippen MR) is 64.7 cm³/mol. The van der Waals surface area contributed by atoms with E-state index in [1.165, 1.54) is 0 Å². The van der Waals surface area contributed by atoms with Crippen molar-refractivity contribution in [1.82, 2.24) is 4.72 Å². The number of nitrogens with one attached hydrogen (secondary N) is 2. The summed E-state index contributed by atoms with van der Waals surface area (Å²) >= 11 is 0. The van der Waals surface area contributed by atoms with Crippen molar-refractivity contribution in [2.75, 3.05) is 24.7 Å². The van der Waals surface area contributed by atoms with Gasteiger partial charge in [0.15, 0.2) is 11.6 Å². The molecule has 0 unspecified atom stereocenters. The number of carbonyl (C=O) groups is 1. The van der Waals surface area contributed by atoms with Gasteiger partial charge >= 0.3 is 5.97 Å². The van der Waals surface area contributed by atoms with Gasteiger partial charge in [0.25, 0.3) is 0 Å². The number of carboxylic acids is 1. The third-order valence-corrected chi connectivity index (χ3v) is 2.85. The lowest BCUT2D eigenvalue weighted by Crippen LogP contribution is -2.27. The molecular formula is C10H12F2N2O4S. The predicted octanol–water partition coefficient (Wildman–Crippen LogP) is 0.624. The molecule has 0 radical (unpaired) electrons. The van der Waals surface area contributed by atoms with Crippen molar-refractivity contribution in [1.29, 1.82) is 0 Å². The molecule has 1 aromatic carbocycles. The molecule has 0 heterocycles. The van der Waals surface area contributed by atoms with Crippen LogP contribution in [0.2, 0.25) is 0 Å². The minimum Gasteiger partial charge on any atom is -0.478 e. The van der Waals surface area contributed by atoms with Crippen molar-refractivity contribution in [3.8, 4) is 0 Å². The Morgan fingerprint density at radius 1 is 1.26 bits per heavy atom. The number of benzene rings is 1. The van der Waals surface area contributed by atoms with Gasteiger partial charge in [-0.15, -0.1) is 0 Å². The Morgan fingerprint density at radius 2 is 1.89 bits per heavy atom. The average Bonchev–Trinajstić information content (AvgIpc) is 2.28. The molecule has 0 bridgehead atoms. The van der Waals surface area contributed by atoms with E-state index in [-0.39, 0.29) is 18.8 Å². The molecule has 0 saturated carbocycles. The van der Waals surface area contributed by atoms with Crippen LogP contribution in [0.25, 0.3) is 0 Å². The maximum atomic E-state index is 13.4. The molecule has 1 rings (SSSR count). The summed E-state index contributed by atoms with van der Waals surface area (Å²) in [6.07, 6.45) is 0.967. The number of sulfonamides is 1. The third-order valence-electron chi connectivity index (χ3n) is 2.12. The number of anilines is 1. The van der Waals surface area contributed by atoms with Gasteiger partial charge in [-0.25, -0.2) is 26.7 Å². The van der Waals surface area contributed by atoms with Crippen molar-refractivity contribution < 1.29 is 27.1 Å². The molecule has 0 spiro atoms. The van der Waals surface area contributed by atoms with Gasteiger partial charge in [0, 0.05) is 13.1 Å². The van der Waals surface area contributed by atoms with Crippen molar-refractivity contribution >= 4 is 21.7 Å². The fourth-order valence-corrected chi connectivity index (χ4v) is 1.76. The Morgan fingerprint density at radius 3 is 2.42 bits per heavy atom. The second-order valence-corrected chi connectivity index (χ2v) is 5.52. The van der Waals surface area contributed by atoms with Crippen LogP contribution in [0.3, 0.4) is 0 Å².